The number of hydrogen-bond acceptors (Lipinski definition) is 3. The Hall–Kier alpha value is -1.55. The molecule has 0 radical (unpaired) electrons. The summed E-state index contributed by atoms with van der Waals surface area (Å²) in [5, 5.41) is 2.62. The summed E-state index contributed by atoms with van der Waals surface area (Å²) >= 11 is 0. The van der Waals surface area contributed by atoms with Crippen molar-refractivity contribution in [3.05, 3.63) is 29.8 Å². The molecule has 0 unspecified atom stereocenters. The smallest absolute Gasteiger partial charge is 0.219 e. The highest BCUT2D eigenvalue weighted by Gasteiger charge is 2.02. The first-order valence-corrected chi connectivity index (χ1v) is 5.85. The number of amides is 1. The van der Waals surface area contributed by atoms with Gasteiger partial charge in [-0.1, -0.05) is 12.1 Å². The predicted molar refractivity (Wildman–Crippen MR) is 70.5 cm³/mol. The Morgan fingerprint density at radius 2 is 2.00 bits per heavy atom. The Morgan fingerprint density at radius 1 is 1.35 bits per heavy atom. The second-order valence-corrected chi connectivity index (χ2v) is 4.26. The van der Waals surface area contributed by atoms with Gasteiger partial charge in [-0.15, -0.1) is 0 Å². The van der Waals surface area contributed by atoms with E-state index in [9.17, 15) is 4.79 Å². The van der Waals surface area contributed by atoms with Gasteiger partial charge in [-0.05, 0) is 37.7 Å². The van der Waals surface area contributed by atoms with Crippen LogP contribution in [0.2, 0.25) is 0 Å². The molecule has 3 N–H and O–H groups in total. The summed E-state index contributed by atoms with van der Waals surface area (Å²) in [6, 6.07) is 7.89. The monoisotopic (exact) mass is 235 g/mol. The van der Waals surface area contributed by atoms with Gasteiger partial charge in [0.15, 0.2) is 0 Å². The number of hydrogen-bond donors (Lipinski definition) is 2. The van der Waals surface area contributed by atoms with Crippen molar-refractivity contribution in [3.8, 4) is 0 Å². The Bertz CT molecular complexity index is 348. The summed E-state index contributed by atoms with van der Waals surface area (Å²) in [5.41, 5.74) is 7.65. The Labute approximate surface area is 103 Å². The average molecular weight is 235 g/mol. The van der Waals surface area contributed by atoms with Crippen LogP contribution >= 0.6 is 0 Å². The average Bonchev–Trinajstić information content (AvgIpc) is 2.32. The number of carbonyl (C=O) groups excluding carboxylic acids is 1. The van der Waals surface area contributed by atoms with Crippen LogP contribution in [0.1, 0.15) is 18.4 Å². The fraction of sp³-hybridized carbons (Fsp3) is 0.462. The molecule has 0 aromatic heterocycles. The van der Waals surface area contributed by atoms with Gasteiger partial charge in [0.2, 0.25) is 5.91 Å². The molecule has 0 aliphatic carbocycles. The molecule has 17 heavy (non-hydrogen) atoms. The molecular weight excluding hydrogens is 214 g/mol. The Morgan fingerprint density at radius 3 is 2.59 bits per heavy atom. The van der Waals surface area contributed by atoms with E-state index in [4.69, 9.17) is 5.73 Å². The normalized spacial score (nSPS) is 10.5. The third kappa shape index (κ3) is 5.36. The van der Waals surface area contributed by atoms with Crippen LogP contribution in [0.5, 0.6) is 0 Å². The minimum Gasteiger partial charge on any atom is -0.399 e. The van der Waals surface area contributed by atoms with Gasteiger partial charge in [-0.25, -0.2) is 0 Å². The fourth-order valence-electron chi connectivity index (χ4n) is 1.65. The molecule has 4 nitrogen and oxygen atoms in total. The zero-order valence-electron chi connectivity index (χ0n) is 10.6. The summed E-state index contributed by atoms with van der Waals surface area (Å²) in [6.07, 6.45) is 1.47. The third-order valence-electron chi connectivity index (χ3n) is 2.65. The van der Waals surface area contributed by atoms with Crippen LogP contribution in [0, 0.1) is 0 Å². The second kappa shape index (κ2) is 6.91. The lowest BCUT2D eigenvalue weighted by molar-refractivity contribution is -0.120. The summed E-state index contributed by atoms with van der Waals surface area (Å²) < 4.78 is 0. The molecule has 0 spiro atoms. The molecule has 1 rings (SSSR count). The van der Waals surface area contributed by atoms with E-state index in [0.717, 1.165) is 25.2 Å². The highest BCUT2D eigenvalue weighted by molar-refractivity contribution is 5.75. The molecule has 0 aliphatic rings. The van der Waals surface area contributed by atoms with E-state index in [1.165, 1.54) is 5.56 Å². The first kappa shape index (κ1) is 13.5. The maximum Gasteiger partial charge on any atom is 0.219 e. The molecule has 4 heteroatoms. The number of nitrogens with two attached hydrogens (primary N) is 1. The maximum absolute atomic E-state index is 11.0. The number of rotatable bonds is 6. The van der Waals surface area contributed by atoms with E-state index in [1.807, 2.05) is 24.3 Å². The molecule has 1 aromatic rings. The molecule has 0 atom stereocenters. The van der Waals surface area contributed by atoms with Gasteiger partial charge in [0.25, 0.3) is 0 Å². The molecule has 1 amide bonds. The highest BCUT2D eigenvalue weighted by Crippen LogP contribution is 2.08. The number of carbonyl (C=O) groups is 1. The van der Waals surface area contributed by atoms with Gasteiger partial charge in [0.1, 0.15) is 0 Å². The van der Waals surface area contributed by atoms with Gasteiger partial charge in [-0.3, -0.25) is 4.79 Å². The van der Waals surface area contributed by atoms with Crippen molar-refractivity contribution in [2.75, 3.05) is 26.4 Å². The van der Waals surface area contributed by atoms with E-state index >= 15 is 0 Å². The van der Waals surface area contributed by atoms with Crippen LogP contribution in [0.15, 0.2) is 24.3 Å². The molecular formula is C13H21N3O. The number of nitrogens with one attached hydrogen (secondary N) is 1. The summed E-state index contributed by atoms with van der Waals surface area (Å²) in [4.78, 5) is 13.2. The van der Waals surface area contributed by atoms with E-state index in [0.29, 0.717) is 6.42 Å². The van der Waals surface area contributed by atoms with Crippen molar-refractivity contribution >= 4 is 11.6 Å². The lowest BCUT2D eigenvalue weighted by Gasteiger charge is -2.16. The van der Waals surface area contributed by atoms with Gasteiger partial charge in [0.05, 0.1) is 0 Å². The van der Waals surface area contributed by atoms with E-state index in [2.05, 4.69) is 17.3 Å². The molecule has 94 valence electrons. The van der Waals surface area contributed by atoms with Crippen LogP contribution in [0.25, 0.3) is 0 Å². The van der Waals surface area contributed by atoms with Crippen LogP contribution in [-0.4, -0.2) is 31.4 Å². The van der Waals surface area contributed by atoms with Crippen LogP contribution < -0.4 is 11.1 Å². The summed E-state index contributed by atoms with van der Waals surface area (Å²) in [5.74, 6) is 0.103. The van der Waals surface area contributed by atoms with Crippen molar-refractivity contribution < 1.29 is 4.79 Å². The summed E-state index contributed by atoms with van der Waals surface area (Å²) in [7, 11) is 3.72. The van der Waals surface area contributed by atoms with E-state index in [1.54, 1.807) is 7.05 Å². The number of anilines is 1. The molecule has 0 bridgehead atoms. The van der Waals surface area contributed by atoms with Crippen LogP contribution in [0.4, 0.5) is 5.69 Å². The van der Waals surface area contributed by atoms with Crippen molar-refractivity contribution in [1.29, 1.82) is 0 Å². The minimum absolute atomic E-state index is 0.103. The van der Waals surface area contributed by atoms with Gasteiger partial charge in [-0.2, -0.15) is 0 Å². The van der Waals surface area contributed by atoms with Crippen LogP contribution in [-0.2, 0) is 11.3 Å². The van der Waals surface area contributed by atoms with Gasteiger partial charge in [0, 0.05) is 25.7 Å². The van der Waals surface area contributed by atoms with E-state index < -0.39 is 0 Å². The summed E-state index contributed by atoms with van der Waals surface area (Å²) in [6.45, 7) is 1.80. The first-order valence-electron chi connectivity index (χ1n) is 5.85. The van der Waals surface area contributed by atoms with Crippen molar-refractivity contribution in [2.45, 2.75) is 19.4 Å². The topological polar surface area (TPSA) is 58.4 Å². The molecule has 0 saturated heterocycles. The first-order chi connectivity index (χ1) is 8.11. The highest BCUT2D eigenvalue weighted by atomic mass is 16.1. The van der Waals surface area contributed by atoms with Gasteiger partial charge < -0.3 is 16.0 Å². The standard InChI is InChI=1S/C13H21N3O/c1-15-13(17)4-3-9-16(2)10-11-5-7-12(14)8-6-11/h5-8H,3-4,9-10,14H2,1-2H3,(H,15,17). The maximum atomic E-state index is 11.0. The zero-order chi connectivity index (χ0) is 12.7. The quantitative estimate of drug-likeness (QED) is 0.729. The molecule has 1 aromatic carbocycles. The Kier molecular flexibility index (Phi) is 5.49. The molecule has 0 saturated carbocycles. The lowest BCUT2D eigenvalue weighted by atomic mass is 10.2. The number of benzene rings is 1. The Balaban J connectivity index is 2.27. The SMILES string of the molecule is CNC(=O)CCCN(C)Cc1ccc(N)cc1. The van der Waals surface area contributed by atoms with Crippen LogP contribution in [0.3, 0.4) is 0 Å². The second-order valence-electron chi connectivity index (χ2n) is 4.26. The zero-order valence-corrected chi connectivity index (χ0v) is 10.6. The molecule has 0 aliphatic heterocycles. The molecule has 0 heterocycles. The third-order valence-corrected chi connectivity index (χ3v) is 2.65. The van der Waals surface area contributed by atoms with Crippen molar-refractivity contribution in [3.63, 3.8) is 0 Å². The minimum atomic E-state index is 0.103. The number of nitrogens with zero attached hydrogens (tertiary/aromatic N) is 1. The lowest BCUT2D eigenvalue weighted by Crippen LogP contribution is -2.22. The molecule has 0 fully saturated rings. The van der Waals surface area contributed by atoms with Crippen molar-refractivity contribution in [2.24, 2.45) is 0 Å². The largest absolute Gasteiger partial charge is 0.399 e. The fourth-order valence-corrected chi connectivity index (χ4v) is 1.65. The predicted octanol–water partition coefficient (Wildman–Crippen LogP) is 1.23. The number of nitrogen functional groups attached to an aromatic ring is 1. The van der Waals surface area contributed by atoms with Crippen molar-refractivity contribution in [1.82, 2.24) is 10.2 Å². The van der Waals surface area contributed by atoms with E-state index in [-0.39, 0.29) is 5.91 Å². The van der Waals surface area contributed by atoms with Gasteiger partial charge >= 0.3 is 0 Å².